The fourth-order valence-electron chi connectivity index (χ4n) is 1.88. The fourth-order valence-corrected chi connectivity index (χ4v) is 1.88. The molecule has 0 aliphatic rings. The van der Waals surface area contributed by atoms with Crippen molar-refractivity contribution in [1.82, 2.24) is 14.5 Å². The summed E-state index contributed by atoms with van der Waals surface area (Å²) < 4.78 is 1.73. The molecule has 0 saturated carbocycles. The second kappa shape index (κ2) is 3.53. The molecule has 0 unspecified atom stereocenters. The zero-order chi connectivity index (χ0) is 11.0. The van der Waals surface area contributed by atoms with Crippen molar-refractivity contribution in [2.24, 2.45) is 0 Å². The van der Waals surface area contributed by atoms with Crippen molar-refractivity contribution in [3.8, 4) is 0 Å². The van der Waals surface area contributed by atoms with Gasteiger partial charge >= 0.3 is 5.69 Å². The Morgan fingerprint density at radius 3 is 2.87 bits per heavy atom. The molecule has 0 aromatic carbocycles. The number of nitrogens with one attached hydrogen (secondary N) is 1. The fraction of sp³-hybridized carbons (Fsp3) is 0.455. The van der Waals surface area contributed by atoms with E-state index in [2.05, 4.69) is 23.8 Å². The molecule has 0 aliphatic carbocycles. The monoisotopic (exact) mass is 205 g/mol. The summed E-state index contributed by atoms with van der Waals surface area (Å²) in [6.45, 7) is 6.87. The third kappa shape index (κ3) is 1.46. The van der Waals surface area contributed by atoms with Crippen LogP contribution in [0.1, 0.15) is 32.3 Å². The number of aromatic amines is 1. The van der Waals surface area contributed by atoms with Gasteiger partial charge in [0.05, 0.1) is 5.52 Å². The summed E-state index contributed by atoms with van der Waals surface area (Å²) in [7, 11) is 0. The van der Waals surface area contributed by atoms with Crippen molar-refractivity contribution in [1.29, 1.82) is 0 Å². The highest BCUT2D eigenvalue weighted by molar-refractivity contribution is 5.75. The Hall–Kier alpha value is -1.58. The maximum atomic E-state index is 11.6. The molecular formula is C11H15N3O. The molecule has 2 heterocycles. The van der Waals surface area contributed by atoms with Gasteiger partial charge in [0.25, 0.3) is 0 Å². The lowest BCUT2D eigenvalue weighted by Crippen LogP contribution is -2.15. The van der Waals surface area contributed by atoms with E-state index in [0.29, 0.717) is 18.1 Å². The molecule has 0 bridgehead atoms. The first kappa shape index (κ1) is 9.96. The van der Waals surface area contributed by atoms with Crippen LogP contribution in [0.5, 0.6) is 0 Å². The third-order valence-corrected chi connectivity index (χ3v) is 2.63. The van der Waals surface area contributed by atoms with Gasteiger partial charge in [0.1, 0.15) is 0 Å². The van der Waals surface area contributed by atoms with Crippen molar-refractivity contribution in [2.75, 3.05) is 0 Å². The van der Waals surface area contributed by atoms with Crippen LogP contribution in [-0.2, 0) is 6.54 Å². The summed E-state index contributed by atoms with van der Waals surface area (Å²) in [4.78, 5) is 18.6. The number of fused-ring (bicyclic) bond motifs is 1. The van der Waals surface area contributed by atoms with Crippen LogP contribution in [0.4, 0.5) is 0 Å². The second-order valence-electron chi connectivity index (χ2n) is 3.93. The normalized spacial score (nSPS) is 11.5. The highest BCUT2D eigenvalue weighted by Crippen LogP contribution is 2.21. The second-order valence-corrected chi connectivity index (χ2v) is 3.93. The van der Waals surface area contributed by atoms with E-state index in [0.717, 1.165) is 5.52 Å². The molecule has 0 fully saturated rings. The smallest absolute Gasteiger partial charge is 0.290 e. The highest BCUT2D eigenvalue weighted by atomic mass is 16.1. The molecule has 0 spiro atoms. The number of rotatable bonds is 2. The van der Waals surface area contributed by atoms with Crippen LogP contribution in [0.2, 0.25) is 0 Å². The first-order valence-electron chi connectivity index (χ1n) is 5.22. The predicted molar refractivity (Wildman–Crippen MR) is 60.1 cm³/mol. The van der Waals surface area contributed by atoms with Crippen LogP contribution in [0.25, 0.3) is 11.2 Å². The predicted octanol–water partition coefficient (Wildman–Crippen LogP) is 1.87. The van der Waals surface area contributed by atoms with Crippen molar-refractivity contribution < 1.29 is 0 Å². The highest BCUT2D eigenvalue weighted by Gasteiger charge is 2.12. The minimum atomic E-state index is -0.0758. The molecule has 4 heteroatoms. The molecule has 0 amide bonds. The minimum absolute atomic E-state index is 0.0758. The first-order valence-corrected chi connectivity index (χ1v) is 5.22. The average molecular weight is 205 g/mol. The number of hydrogen-bond acceptors (Lipinski definition) is 2. The molecule has 0 radical (unpaired) electrons. The standard InChI is InChI=1S/C11H15N3O/c1-4-14-9-8(7(2)3)5-6-12-10(9)13-11(14)15/h5-7H,4H2,1-3H3,(H,12,13,15). The van der Waals surface area contributed by atoms with E-state index in [4.69, 9.17) is 0 Å². The van der Waals surface area contributed by atoms with Gasteiger partial charge in [-0.2, -0.15) is 0 Å². The van der Waals surface area contributed by atoms with Crippen LogP contribution < -0.4 is 5.69 Å². The SMILES string of the molecule is CCn1c(=O)[nH]c2nccc(C(C)C)c21. The molecule has 2 aromatic heterocycles. The van der Waals surface area contributed by atoms with Gasteiger partial charge in [0.2, 0.25) is 0 Å². The quantitative estimate of drug-likeness (QED) is 0.813. The summed E-state index contributed by atoms with van der Waals surface area (Å²) in [5, 5.41) is 0. The Kier molecular flexibility index (Phi) is 2.34. The van der Waals surface area contributed by atoms with Crippen molar-refractivity contribution >= 4 is 11.2 Å². The average Bonchev–Trinajstić information content (AvgIpc) is 2.52. The number of imidazole rings is 1. The number of aromatic nitrogens is 3. The lowest BCUT2D eigenvalue weighted by molar-refractivity contribution is 0.743. The van der Waals surface area contributed by atoms with Crippen molar-refractivity contribution in [3.63, 3.8) is 0 Å². The number of H-pyrrole nitrogens is 1. The molecule has 2 rings (SSSR count). The molecule has 15 heavy (non-hydrogen) atoms. The van der Waals surface area contributed by atoms with Crippen LogP contribution in [0, 0.1) is 0 Å². The Labute approximate surface area is 88.0 Å². The topological polar surface area (TPSA) is 50.7 Å². The van der Waals surface area contributed by atoms with Gasteiger partial charge in [-0.25, -0.2) is 9.78 Å². The maximum absolute atomic E-state index is 11.6. The molecule has 80 valence electrons. The van der Waals surface area contributed by atoms with Gasteiger partial charge < -0.3 is 0 Å². The summed E-state index contributed by atoms with van der Waals surface area (Å²) >= 11 is 0. The van der Waals surface area contributed by atoms with E-state index in [9.17, 15) is 4.79 Å². The first-order chi connectivity index (χ1) is 7.15. The van der Waals surface area contributed by atoms with Crippen LogP contribution in [0.3, 0.4) is 0 Å². The summed E-state index contributed by atoms with van der Waals surface area (Å²) in [5.74, 6) is 0.392. The van der Waals surface area contributed by atoms with Crippen molar-refractivity contribution in [2.45, 2.75) is 33.2 Å². The van der Waals surface area contributed by atoms with E-state index in [1.165, 1.54) is 5.56 Å². The van der Waals surface area contributed by atoms with Crippen LogP contribution >= 0.6 is 0 Å². The lowest BCUT2D eigenvalue weighted by Gasteiger charge is -2.08. The Morgan fingerprint density at radius 2 is 2.27 bits per heavy atom. The Balaban J connectivity index is 2.88. The minimum Gasteiger partial charge on any atom is -0.290 e. The van der Waals surface area contributed by atoms with Gasteiger partial charge in [-0.1, -0.05) is 13.8 Å². The summed E-state index contributed by atoms with van der Waals surface area (Å²) in [5.41, 5.74) is 2.72. The van der Waals surface area contributed by atoms with E-state index >= 15 is 0 Å². The van der Waals surface area contributed by atoms with Gasteiger partial charge in [0, 0.05) is 12.7 Å². The molecule has 4 nitrogen and oxygen atoms in total. The van der Waals surface area contributed by atoms with Crippen LogP contribution in [0.15, 0.2) is 17.1 Å². The van der Waals surface area contributed by atoms with Crippen LogP contribution in [-0.4, -0.2) is 14.5 Å². The molecular weight excluding hydrogens is 190 g/mol. The van der Waals surface area contributed by atoms with Crippen molar-refractivity contribution in [3.05, 3.63) is 28.3 Å². The van der Waals surface area contributed by atoms with Gasteiger partial charge in [-0.3, -0.25) is 9.55 Å². The molecule has 0 aliphatic heterocycles. The molecule has 0 atom stereocenters. The van der Waals surface area contributed by atoms with E-state index in [1.54, 1.807) is 10.8 Å². The largest absolute Gasteiger partial charge is 0.327 e. The summed E-state index contributed by atoms with van der Waals surface area (Å²) in [6, 6.07) is 1.98. The van der Waals surface area contributed by atoms with Gasteiger partial charge in [-0.15, -0.1) is 0 Å². The number of hydrogen-bond donors (Lipinski definition) is 1. The number of aryl methyl sites for hydroxylation is 1. The molecule has 0 saturated heterocycles. The zero-order valence-electron chi connectivity index (χ0n) is 9.24. The Bertz CT molecular complexity index is 536. The van der Waals surface area contributed by atoms with E-state index in [-0.39, 0.29) is 5.69 Å². The Morgan fingerprint density at radius 1 is 1.53 bits per heavy atom. The lowest BCUT2D eigenvalue weighted by atomic mass is 10.0. The number of nitrogens with zero attached hydrogens (tertiary/aromatic N) is 2. The third-order valence-electron chi connectivity index (χ3n) is 2.63. The maximum Gasteiger partial charge on any atom is 0.327 e. The molecule has 1 N–H and O–H groups in total. The van der Waals surface area contributed by atoms with E-state index < -0.39 is 0 Å². The van der Waals surface area contributed by atoms with E-state index in [1.807, 2.05) is 13.0 Å². The number of pyridine rings is 1. The van der Waals surface area contributed by atoms with Gasteiger partial charge in [0.15, 0.2) is 5.65 Å². The zero-order valence-corrected chi connectivity index (χ0v) is 9.24. The van der Waals surface area contributed by atoms with Gasteiger partial charge in [-0.05, 0) is 24.5 Å². The molecule has 2 aromatic rings. The summed E-state index contributed by atoms with van der Waals surface area (Å²) in [6.07, 6.45) is 1.74.